The lowest BCUT2D eigenvalue weighted by Crippen LogP contribution is -2.40. The molecular weight excluding hydrogens is 386 g/mol. The standard InChI is InChI=1S/C22H31N3O5/c1-14(2)13-30-21(29)25-7-5-6-24(8-9-25)20(28)16-10-15-17(23-19(16)27)11-22(3,4)12-18(15)26/h10,14H,5-9,11-13H2,1-4H3,(H,23,27). The Labute approximate surface area is 176 Å². The molecule has 1 saturated heterocycles. The van der Waals surface area contributed by atoms with Gasteiger partial charge in [-0.2, -0.15) is 0 Å². The molecule has 0 spiro atoms. The van der Waals surface area contributed by atoms with Gasteiger partial charge in [-0.25, -0.2) is 4.79 Å². The van der Waals surface area contributed by atoms with Crippen LogP contribution in [0.2, 0.25) is 0 Å². The number of nitrogens with zero attached hydrogens (tertiary/aromatic N) is 2. The molecule has 1 N–H and O–H groups in total. The predicted octanol–water partition coefficient (Wildman–Crippen LogP) is 2.47. The molecule has 164 valence electrons. The minimum atomic E-state index is -0.471. The summed E-state index contributed by atoms with van der Waals surface area (Å²) in [6, 6.07) is 1.45. The second kappa shape index (κ2) is 8.62. The van der Waals surface area contributed by atoms with Gasteiger partial charge in [-0.15, -0.1) is 0 Å². The molecule has 2 heterocycles. The van der Waals surface area contributed by atoms with Gasteiger partial charge in [-0.05, 0) is 30.2 Å². The molecule has 1 aliphatic heterocycles. The van der Waals surface area contributed by atoms with Gasteiger partial charge in [0.05, 0.1) is 6.61 Å². The minimum Gasteiger partial charge on any atom is -0.449 e. The summed E-state index contributed by atoms with van der Waals surface area (Å²) in [6.07, 6.45) is 1.20. The number of aromatic amines is 1. The molecule has 2 amide bonds. The van der Waals surface area contributed by atoms with Crippen molar-refractivity contribution in [3.8, 4) is 0 Å². The topological polar surface area (TPSA) is 99.8 Å². The van der Waals surface area contributed by atoms with E-state index in [1.165, 1.54) is 6.07 Å². The Morgan fingerprint density at radius 3 is 2.47 bits per heavy atom. The first-order valence-electron chi connectivity index (χ1n) is 10.6. The molecule has 0 unspecified atom stereocenters. The zero-order chi connectivity index (χ0) is 22.1. The van der Waals surface area contributed by atoms with E-state index in [9.17, 15) is 19.2 Å². The van der Waals surface area contributed by atoms with Crippen LogP contribution in [0.25, 0.3) is 0 Å². The number of Topliss-reactive ketones (excluding diaryl/α,β-unsaturated/α-hetero) is 1. The van der Waals surface area contributed by atoms with Crippen molar-refractivity contribution in [2.24, 2.45) is 11.3 Å². The number of ketones is 1. The minimum absolute atomic E-state index is 0.0161. The number of carbonyl (C=O) groups excluding carboxylic acids is 3. The second-order valence-electron chi connectivity index (χ2n) is 9.45. The van der Waals surface area contributed by atoms with Gasteiger partial charge < -0.3 is 19.5 Å². The Morgan fingerprint density at radius 1 is 1.10 bits per heavy atom. The number of H-pyrrole nitrogens is 1. The van der Waals surface area contributed by atoms with Crippen LogP contribution in [0, 0.1) is 11.3 Å². The van der Waals surface area contributed by atoms with E-state index < -0.39 is 11.5 Å². The maximum absolute atomic E-state index is 13.0. The number of rotatable bonds is 3. The van der Waals surface area contributed by atoms with Crippen LogP contribution in [0.1, 0.15) is 66.9 Å². The lowest BCUT2D eigenvalue weighted by Gasteiger charge is -2.30. The van der Waals surface area contributed by atoms with E-state index in [4.69, 9.17) is 4.74 Å². The van der Waals surface area contributed by atoms with Crippen LogP contribution in [0.3, 0.4) is 0 Å². The predicted molar refractivity (Wildman–Crippen MR) is 112 cm³/mol. The fourth-order valence-corrected chi connectivity index (χ4v) is 3.99. The molecule has 1 aliphatic carbocycles. The van der Waals surface area contributed by atoms with Gasteiger partial charge >= 0.3 is 6.09 Å². The lowest BCUT2D eigenvalue weighted by atomic mass is 9.75. The average Bonchev–Trinajstić information content (AvgIpc) is 2.90. The van der Waals surface area contributed by atoms with Gasteiger partial charge in [0.1, 0.15) is 5.56 Å². The number of carbonyl (C=O) groups is 3. The molecule has 8 heteroatoms. The van der Waals surface area contributed by atoms with E-state index in [1.807, 2.05) is 27.7 Å². The van der Waals surface area contributed by atoms with Crippen molar-refractivity contribution in [1.29, 1.82) is 0 Å². The van der Waals surface area contributed by atoms with Crippen molar-refractivity contribution in [2.45, 2.75) is 47.0 Å². The molecule has 8 nitrogen and oxygen atoms in total. The Hall–Kier alpha value is -2.64. The lowest BCUT2D eigenvalue weighted by molar-refractivity contribution is 0.0744. The molecule has 0 aromatic carbocycles. The summed E-state index contributed by atoms with van der Waals surface area (Å²) in [5.74, 6) is -0.210. The molecule has 0 saturated carbocycles. The smallest absolute Gasteiger partial charge is 0.409 e. The van der Waals surface area contributed by atoms with Gasteiger partial charge in [0.2, 0.25) is 0 Å². The molecule has 2 aliphatic rings. The zero-order valence-electron chi connectivity index (χ0n) is 18.2. The quantitative estimate of drug-likeness (QED) is 0.814. The average molecular weight is 418 g/mol. The van der Waals surface area contributed by atoms with E-state index in [0.717, 1.165) is 0 Å². The Bertz CT molecular complexity index is 903. The largest absolute Gasteiger partial charge is 0.449 e. The van der Waals surface area contributed by atoms with Crippen LogP contribution in [0.5, 0.6) is 0 Å². The summed E-state index contributed by atoms with van der Waals surface area (Å²) in [6.45, 7) is 9.86. The molecule has 0 atom stereocenters. The van der Waals surface area contributed by atoms with Crippen LogP contribution >= 0.6 is 0 Å². The fourth-order valence-electron chi connectivity index (χ4n) is 3.99. The highest BCUT2D eigenvalue weighted by atomic mass is 16.6. The highest BCUT2D eigenvalue weighted by molar-refractivity contribution is 6.02. The monoisotopic (exact) mass is 417 g/mol. The maximum Gasteiger partial charge on any atom is 0.409 e. The first kappa shape index (κ1) is 22.1. The van der Waals surface area contributed by atoms with Crippen LogP contribution in [-0.4, -0.2) is 65.4 Å². The van der Waals surface area contributed by atoms with E-state index in [2.05, 4.69) is 4.98 Å². The van der Waals surface area contributed by atoms with Gasteiger partial charge in [0.15, 0.2) is 5.78 Å². The van der Waals surface area contributed by atoms with E-state index in [-0.39, 0.29) is 28.8 Å². The molecule has 0 radical (unpaired) electrons. The summed E-state index contributed by atoms with van der Waals surface area (Å²) in [7, 11) is 0. The first-order chi connectivity index (χ1) is 14.1. The summed E-state index contributed by atoms with van der Waals surface area (Å²) in [5.41, 5.74) is 0.342. The van der Waals surface area contributed by atoms with Crippen LogP contribution < -0.4 is 5.56 Å². The highest BCUT2D eigenvalue weighted by Crippen LogP contribution is 2.33. The summed E-state index contributed by atoms with van der Waals surface area (Å²) in [4.78, 5) is 56.3. The van der Waals surface area contributed by atoms with Crippen molar-refractivity contribution >= 4 is 17.8 Å². The number of hydrogen-bond acceptors (Lipinski definition) is 5. The molecule has 3 rings (SSSR count). The van der Waals surface area contributed by atoms with Gasteiger partial charge in [-0.1, -0.05) is 27.7 Å². The number of nitrogens with one attached hydrogen (secondary N) is 1. The van der Waals surface area contributed by atoms with E-state index in [1.54, 1.807) is 9.80 Å². The van der Waals surface area contributed by atoms with Gasteiger partial charge in [-0.3, -0.25) is 14.4 Å². The molecule has 1 aromatic heterocycles. The summed E-state index contributed by atoms with van der Waals surface area (Å²) >= 11 is 0. The maximum atomic E-state index is 13.0. The Kier molecular flexibility index (Phi) is 6.33. The molecule has 30 heavy (non-hydrogen) atoms. The number of ether oxygens (including phenoxy) is 1. The number of hydrogen-bond donors (Lipinski definition) is 1. The first-order valence-corrected chi connectivity index (χ1v) is 10.6. The molecule has 0 bridgehead atoms. The Balaban J connectivity index is 1.73. The molecular formula is C22H31N3O5. The fraction of sp³-hybridized carbons (Fsp3) is 0.636. The normalized spacial score (nSPS) is 18.8. The van der Waals surface area contributed by atoms with Crippen molar-refractivity contribution < 1.29 is 19.1 Å². The number of pyridine rings is 1. The third-order valence-corrected chi connectivity index (χ3v) is 5.53. The van der Waals surface area contributed by atoms with Gasteiger partial charge in [0.25, 0.3) is 11.5 Å². The Morgan fingerprint density at radius 2 is 1.77 bits per heavy atom. The zero-order valence-corrected chi connectivity index (χ0v) is 18.2. The number of aromatic nitrogens is 1. The van der Waals surface area contributed by atoms with Gasteiger partial charge in [0, 0.05) is 43.9 Å². The van der Waals surface area contributed by atoms with Crippen molar-refractivity contribution in [2.75, 3.05) is 32.8 Å². The third kappa shape index (κ3) is 4.91. The highest BCUT2D eigenvalue weighted by Gasteiger charge is 2.33. The molecule has 1 aromatic rings. The summed E-state index contributed by atoms with van der Waals surface area (Å²) < 4.78 is 5.28. The van der Waals surface area contributed by atoms with Crippen molar-refractivity contribution in [3.63, 3.8) is 0 Å². The number of amides is 2. The van der Waals surface area contributed by atoms with Crippen molar-refractivity contribution in [1.82, 2.24) is 14.8 Å². The van der Waals surface area contributed by atoms with Crippen molar-refractivity contribution in [3.05, 3.63) is 33.2 Å². The van der Waals surface area contributed by atoms with Crippen LogP contribution in [0.15, 0.2) is 10.9 Å². The molecule has 1 fully saturated rings. The SMILES string of the molecule is CC(C)COC(=O)N1CCCN(C(=O)c2cc3c([nH]c2=O)CC(C)(C)CC3=O)CC1. The van der Waals surface area contributed by atoms with E-state index in [0.29, 0.717) is 63.3 Å². The van der Waals surface area contributed by atoms with Crippen LogP contribution in [-0.2, 0) is 11.2 Å². The number of fused-ring (bicyclic) bond motifs is 1. The summed E-state index contributed by atoms with van der Waals surface area (Å²) in [5, 5.41) is 0. The second-order valence-corrected chi connectivity index (χ2v) is 9.45. The third-order valence-electron chi connectivity index (χ3n) is 5.53. The van der Waals surface area contributed by atoms with E-state index >= 15 is 0 Å². The van der Waals surface area contributed by atoms with Crippen LogP contribution in [0.4, 0.5) is 4.79 Å².